The number of aryl methyl sites for hydroxylation is 1. The van der Waals surface area contributed by atoms with Crippen molar-refractivity contribution in [2.45, 2.75) is 19.4 Å². The molecule has 2 amide bonds. The highest BCUT2D eigenvalue weighted by atomic mass is 16.7. The van der Waals surface area contributed by atoms with Crippen LogP contribution < -0.4 is 14.8 Å². The minimum absolute atomic E-state index is 0.0981. The highest BCUT2D eigenvalue weighted by Gasteiger charge is 2.19. The molecule has 10 heteroatoms. The lowest BCUT2D eigenvalue weighted by Crippen LogP contribution is -2.26. The molecule has 0 radical (unpaired) electrons. The van der Waals surface area contributed by atoms with E-state index in [0.717, 1.165) is 0 Å². The van der Waals surface area contributed by atoms with Crippen molar-refractivity contribution in [2.75, 3.05) is 6.79 Å². The monoisotopic (exact) mass is 521 g/mol. The molecule has 5 rings (SSSR count). The van der Waals surface area contributed by atoms with E-state index in [-0.39, 0.29) is 24.1 Å². The van der Waals surface area contributed by atoms with Crippen molar-refractivity contribution < 1.29 is 24.2 Å². The summed E-state index contributed by atoms with van der Waals surface area (Å²) in [7, 11) is 0. The third-order valence-electron chi connectivity index (χ3n) is 6.05. The Hall–Kier alpha value is -5.43. The molecule has 1 aliphatic heterocycles. The van der Waals surface area contributed by atoms with Gasteiger partial charge in [0, 0.05) is 23.9 Å². The predicted molar refractivity (Wildman–Crippen MR) is 142 cm³/mol. The number of nitriles is 1. The molecule has 1 aromatic heterocycles. The first-order chi connectivity index (χ1) is 19.0. The first-order valence-corrected chi connectivity index (χ1v) is 12.2. The standard InChI is InChI=1S/C29H23N5O5/c30-14-6-7-15-34-23-11-5-4-10-21(23)26(29(34)37)32-33-28(36)22(31-27(35)20-8-2-1-3-9-20)16-19-12-13-24-25(17-19)39-18-38-24/h1-5,8-13,16-17,37H,6-7,15,18H2,(H,31,35). The van der Waals surface area contributed by atoms with Crippen molar-refractivity contribution in [3.63, 3.8) is 0 Å². The van der Waals surface area contributed by atoms with Crippen LogP contribution in [-0.4, -0.2) is 28.3 Å². The Morgan fingerprint density at radius 1 is 1.05 bits per heavy atom. The van der Waals surface area contributed by atoms with Crippen molar-refractivity contribution in [3.8, 4) is 23.4 Å². The Morgan fingerprint density at radius 2 is 1.82 bits per heavy atom. The molecule has 4 aromatic rings. The number of benzene rings is 3. The van der Waals surface area contributed by atoms with Crippen molar-refractivity contribution in [2.24, 2.45) is 10.2 Å². The molecule has 2 heterocycles. The van der Waals surface area contributed by atoms with Crippen LogP contribution in [-0.2, 0) is 11.3 Å². The van der Waals surface area contributed by atoms with Crippen molar-refractivity contribution in [1.82, 2.24) is 9.88 Å². The van der Waals surface area contributed by atoms with Gasteiger partial charge < -0.3 is 24.5 Å². The number of carbonyl (C=O) groups excluding carboxylic acids is 2. The maximum atomic E-state index is 13.3. The Kier molecular flexibility index (Phi) is 7.32. The number of nitrogens with zero attached hydrogens (tertiary/aromatic N) is 4. The summed E-state index contributed by atoms with van der Waals surface area (Å²) in [5.41, 5.74) is 1.62. The van der Waals surface area contributed by atoms with Gasteiger partial charge in [-0.05, 0) is 48.4 Å². The van der Waals surface area contributed by atoms with Crippen LogP contribution in [0.2, 0.25) is 0 Å². The fourth-order valence-corrected chi connectivity index (χ4v) is 4.17. The Balaban J connectivity index is 1.48. The summed E-state index contributed by atoms with van der Waals surface area (Å²) >= 11 is 0. The molecule has 0 fully saturated rings. The van der Waals surface area contributed by atoms with E-state index in [1.54, 1.807) is 65.2 Å². The van der Waals surface area contributed by atoms with Gasteiger partial charge in [-0.15, -0.1) is 10.2 Å². The Bertz CT molecular complexity index is 1650. The van der Waals surface area contributed by atoms with E-state index in [2.05, 4.69) is 21.6 Å². The minimum Gasteiger partial charge on any atom is -0.493 e. The Labute approximate surface area is 223 Å². The number of para-hydroxylation sites is 1. The lowest BCUT2D eigenvalue weighted by molar-refractivity contribution is -0.115. The SMILES string of the molecule is N#CCCCn1c(O)c(N=NC(=O)C(=Cc2ccc3c(c2)OCO3)NC(=O)c2ccccc2)c2ccccc21. The molecule has 1 aliphatic rings. The van der Waals surface area contributed by atoms with Gasteiger partial charge in [-0.3, -0.25) is 9.59 Å². The average molecular weight is 522 g/mol. The molecule has 0 atom stereocenters. The predicted octanol–water partition coefficient (Wildman–Crippen LogP) is 5.46. The maximum Gasteiger partial charge on any atom is 0.311 e. The number of aromatic hydroxyl groups is 1. The van der Waals surface area contributed by atoms with Crippen molar-refractivity contribution in [3.05, 3.63) is 89.6 Å². The maximum absolute atomic E-state index is 13.3. The molecule has 0 unspecified atom stereocenters. The van der Waals surface area contributed by atoms with Crippen LogP contribution in [0.25, 0.3) is 17.0 Å². The highest BCUT2D eigenvalue weighted by molar-refractivity contribution is 6.05. The van der Waals surface area contributed by atoms with E-state index in [4.69, 9.17) is 14.7 Å². The largest absolute Gasteiger partial charge is 0.493 e. The van der Waals surface area contributed by atoms with Crippen LogP contribution in [0.5, 0.6) is 17.4 Å². The second-order valence-electron chi connectivity index (χ2n) is 8.60. The number of nitrogens with one attached hydrogen (secondary N) is 1. The fraction of sp³-hybridized carbons (Fsp3) is 0.138. The van der Waals surface area contributed by atoms with E-state index < -0.39 is 11.8 Å². The molecule has 0 spiro atoms. The summed E-state index contributed by atoms with van der Waals surface area (Å²) in [5.74, 6) is -0.392. The number of azo groups is 1. The van der Waals surface area contributed by atoms with E-state index in [1.165, 1.54) is 6.08 Å². The van der Waals surface area contributed by atoms with Gasteiger partial charge in [0.15, 0.2) is 17.2 Å². The molecule has 194 valence electrons. The lowest BCUT2D eigenvalue weighted by atomic mass is 10.1. The molecule has 39 heavy (non-hydrogen) atoms. The molecule has 0 aliphatic carbocycles. The number of ether oxygens (including phenoxy) is 2. The zero-order valence-corrected chi connectivity index (χ0v) is 20.7. The first kappa shape index (κ1) is 25.2. The summed E-state index contributed by atoms with van der Waals surface area (Å²) < 4.78 is 12.4. The smallest absolute Gasteiger partial charge is 0.311 e. The van der Waals surface area contributed by atoms with Gasteiger partial charge in [0.05, 0.1) is 11.6 Å². The molecular weight excluding hydrogens is 498 g/mol. The summed E-state index contributed by atoms with van der Waals surface area (Å²) in [5, 5.41) is 30.9. The molecule has 0 saturated carbocycles. The fourth-order valence-electron chi connectivity index (χ4n) is 4.17. The van der Waals surface area contributed by atoms with E-state index in [9.17, 15) is 14.7 Å². The Morgan fingerprint density at radius 3 is 2.64 bits per heavy atom. The number of carbonyl (C=O) groups is 2. The quantitative estimate of drug-likeness (QED) is 0.179. The third kappa shape index (κ3) is 5.47. The third-order valence-corrected chi connectivity index (χ3v) is 6.05. The number of hydrogen-bond donors (Lipinski definition) is 2. The zero-order chi connectivity index (χ0) is 27.2. The topological polar surface area (TPSA) is 138 Å². The number of amides is 2. The lowest BCUT2D eigenvalue weighted by Gasteiger charge is -2.07. The van der Waals surface area contributed by atoms with Crippen molar-refractivity contribution in [1.29, 1.82) is 5.26 Å². The second-order valence-corrected chi connectivity index (χ2v) is 8.60. The van der Waals surface area contributed by atoms with Crippen molar-refractivity contribution >= 4 is 34.5 Å². The number of hydrogen-bond acceptors (Lipinski definition) is 7. The highest BCUT2D eigenvalue weighted by Crippen LogP contribution is 2.39. The molecule has 3 aromatic carbocycles. The molecule has 2 N–H and O–H groups in total. The van der Waals surface area contributed by atoms with Crippen LogP contribution in [0.1, 0.15) is 28.8 Å². The van der Waals surface area contributed by atoms with Gasteiger partial charge in [0.25, 0.3) is 5.91 Å². The number of unbranched alkanes of at least 4 members (excludes halogenated alkanes) is 1. The molecule has 0 bridgehead atoms. The van der Waals surface area contributed by atoms with E-state index >= 15 is 0 Å². The zero-order valence-electron chi connectivity index (χ0n) is 20.7. The van der Waals surface area contributed by atoms with Gasteiger partial charge in [0.2, 0.25) is 12.7 Å². The molecular formula is C29H23N5O5. The van der Waals surface area contributed by atoms with Crippen LogP contribution >= 0.6 is 0 Å². The van der Waals surface area contributed by atoms with Gasteiger partial charge in [-0.25, -0.2) is 0 Å². The van der Waals surface area contributed by atoms with Crippen LogP contribution in [0.4, 0.5) is 5.69 Å². The summed E-state index contributed by atoms with van der Waals surface area (Å²) in [6.07, 6.45) is 2.33. The molecule has 0 saturated heterocycles. The second kappa shape index (κ2) is 11.3. The van der Waals surface area contributed by atoms with Crippen LogP contribution in [0.3, 0.4) is 0 Å². The first-order valence-electron chi connectivity index (χ1n) is 12.2. The number of rotatable bonds is 8. The normalized spacial score (nSPS) is 12.5. The number of fused-ring (bicyclic) bond motifs is 2. The summed E-state index contributed by atoms with van der Waals surface area (Å²) in [4.78, 5) is 26.1. The minimum atomic E-state index is -0.822. The summed E-state index contributed by atoms with van der Waals surface area (Å²) in [6.45, 7) is 0.493. The summed E-state index contributed by atoms with van der Waals surface area (Å²) in [6, 6.07) is 22.8. The number of aromatic nitrogens is 1. The van der Waals surface area contributed by atoms with Crippen LogP contribution in [0.15, 0.2) is 88.7 Å². The average Bonchev–Trinajstić information content (AvgIpc) is 3.53. The molecule has 10 nitrogen and oxygen atoms in total. The van der Waals surface area contributed by atoms with Gasteiger partial charge in [-0.1, -0.05) is 42.5 Å². The van der Waals surface area contributed by atoms with E-state index in [1.807, 2.05) is 12.1 Å². The van der Waals surface area contributed by atoms with E-state index in [0.29, 0.717) is 52.9 Å². The van der Waals surface area contributed by atoms with Crippen LogP contribution in [0, 0.1) is 11.3 Å². The van der Waals surface area contributed by atoms with Gasteiger partial charge >= 0.3 is 5.91 Å². The van der Waals surface area contributed by atoms with Gasteiger partial charge in [0.1, 0.15) is 5.70 Å². The van der Waals surface area contributed by atoms with Gasteiger partial charge in [-0.2, -0.15) is 5.26 Å².